The van der Waals surface area contributed by atoms with E-state index in [0.29, 0.717) is 24.0 Å². The first-order valence-electron chi connectivity index (χ1n) is 9.61. The molecule has 0 spiro atoms. The summed E-state index contributed by atoms with van der Waals surface area (Å²) >= 11 is 0. The highest BCUT2D eigenvalue weighted by Gasteiger charge is 2.53. The van der Waals surface area contributed by atoms with Gasteiger partial charge in [0.25, 0.3) is 0 Å². The Balaban J connectivity index is 1.14. The molecule has 5 nitrogen and oxygen atoms in total. The summed E-state index contributed by atoms with van der Waals surface area (Å²) in [7, 11) is 2.13. The first kappa shape index (κ1) is 16.9. The molecular weight excluding hydrogens is 314 g/mol. The minimum absolute atomic E-state index is 0.111. The number of fused-ring (bicyclic) bond motifs is 5. The van der Waals surface area contributed by atoms with Crippen molar-refractivity contribution in [2.45, 2.75) is 38.0 Å². The maximum Gasteiger partial charge on any atom is 0.317 e. The third kappa shape index (κ3) is 3.67. The molecule has 25 heavy (non-hydrogen) atoms. The Kier molecular flexibility index (Phi) is 4.95. The van der Waals surface area contributed by atoms with Crippen LogP contribution in [0.15, 0.2) is 30.3 Å². The van der Waals surface area contributed by atoms with Crippen molar-refractivity contribution in [2.75, 3.05) is 33.2 Å². The molecule has 3 fully saturated rings. The molecule has 3 aliphatic rings. The lowest BCUT2D eigenvalue weighted by Crippen LogP contribution is -2.40. The maximum absolute atomic E-state index is 12.4. The smallest absolute Gasteiger partial charge is 0.317 e. The lowest BCUT2D eigenvalue weighted by atomic mass is 9.82. The molecule has 4 rings (SSSR count). The van der Waals surface area contributed by atoms with Crippen molar-refractivity contribution in [1.82, 2.24) is 15.1 Å². The monoisotopic (exact) mass is 343 g/mol. The Morgan fingerprint density at radius 3 is 2.56 bits per heavy atom. The van der Waals surface area contributed by atoms with Gasteiger partial charge in [0.15, 0.2) is 0 Å². The number of hydrogen-bond donors (Lipinski definition) is 1. The van der Waals surface area contributed by atoms with E-state index in [1.165, 1.54) is 18.4 Å². The Hall–Kier alpha value is -1.59. The molecule has 1 aromatic carbocycles. The van der Waals surface area contributed by atoms with E-state index in [2.05, 4.69) is 41.5 Å². The van der Waals surface area contributed by atoms with Crippen molar-refractivity contribution in [3.05, 3.63) is 35.9 Å². The van der Waals surface area contributed by atoms with Crippen molar-refractivity contribution in [2.24, 2.45) is 11.8 Å². The molecule has 4 atom stereocenters. The number of carbonyl (C=O) groups is 1. The highest BCUT2D eigenvalue weighted by atomic mass is 16.5. The third-order valence-corrected chi connectivity index (χ3v) is 6.03. The Morgan fingerprint density at radius 1 is 1.20 bits per heavy atom. The molecule has 5 heteroatoms. The van der Waals surface area contributed by atoms with Crippen LogP contribution >= 0.6 is 0 Å². The van der Waals surface area contributed by atoms with Crippen LogP contribution in [0.1, 0.15) is 24.8 Å². The molecule has 3 heterocycles. The van der Waals surface area contributed by atoms with Gasteiger partial charge in [-0.15, -0.1) is 0 Å². The second-order valence-corrected chi connectivity index (χ2v) is 7.83. The second-order valence-electron chi connectivity index (χ2n) is 7.83. The number of benzene rings is 1. The van der Waals surface area contributed by atoms with Gasteiger partial charge in [0.2, 0.25) is 0 Å². The fraction of sp³-hybridized carbons (Fsp3) is 0.650. The molecule has 2 amide bonds. The van der Waals surface area contributed by atoms with E-state index in [1.54, 1.807) is 0 Å². The van der Waals surface area contributed by atoms with Crippen LogP contribution in [0.5, 0.6) is 0 Å². The van der Waals surface area contributed by atoms with Gasteiger partial charge < -0.3 is 19.9 Å². The quantitative estimate of drug-likeness (QED) is 0.807. The summed E-state index contributed by atoms with van der Waals surface area (Å²) in [5.74, 6) is 1.17. The van der Waals surface area contributed by atoms with Crippen molar-refractivity contribution in [3.8, 4) is 0 Å². The summed E-state index contributed by atoms with van der Waals surface area (Å²) < 4.78 is 5.98. The highest BCUT2D eigenvalue weighted by Crippen LogP contribution is 2.47. The summed E-state index contributed by atoms with van der Waals surface area (Å²) in [5.41, 5.74) is 1.33. The van der Waals surface area contributed by atoms with Crippen LogP contribution in [-0.4, -0.2) is 61.3 Å². The number of amides is 2. The second kappa shape index (κ2) is 7.34. The lowest BCUT2D eigenvalue weighted by molar-refractivity contribution is 0.0739. The van der Waals surface area contributed by atoms with Gasteiger partial charge in [0.05, 0.1) is 12.2 Å². The number of likely N-dealkylation sites (tertiary alicyclic amines) is 1. The van der Waals surface area contributed by atoms with Crippen LogP contribution in [0.4, 0.5) is 4.79 Å². The molecular formula is C20H29N3O2. The summed E-state index contributed by atoms with van der Waals surface area (Å²) in [5, 5.41) is 3.10. The Morgan fingerprint density at radius 2 is 1.88 bits per heavy atom. The zero-order valence-corrected chi connectivity index (χ0v) is 15.1. The molecule has 0 saturated carbocycles. The molecule has 1 aromatic rings. The summed E-state index contributed by atoms with van der Waals surface area (Å²) in [6.45, 7) is 4.44. The van der Waals surface area contributed by atoms with Gasteiger partial charge in [-0.05, 0) is 38.4 Å². The van der Waals surface area contributed by atoms with Crippen LogP contribution in [0.25, 0.3) is 0 Å². The summed E-state index contributed by atoms with van der Waals surface area (Å²) in [6, 6.07) is 10.6. The molecule has 2 bridgehead atoms. The standard InChI is InChI=1S/C20H29N3O2/c1-22(12-15-6-3-2-4-7-15)11-5-10-21-20(24)23-13-16-17(14-23)19-9-8-18(16)25-19/h2-4,6-7,16-19H,5,8-14H2,1H3,(H,21,24). The predicted molar refractivity (Wildman–Crippen MR) is 97.2 cm³/mol. The van der Waals surface area contributed by atoms with Crippen LogP contribution in [0, 0.1) is 11.8 Å². The Bertz CT molecular complexity index is 576. The molecule has 1 N–H and O–H groups in total. The van der Waals surface area contributed by atoms with E-state index in [4.69, 9.17) is 4.74 Å². The van der Waals surface area contributed by atoms with Gasteiger partial charge in [-0.2, -0.15) is 0 Å². The number of nitrogens with one attached hydrogen (secondary N) is 1. The number of ether oxygens (including phenoxy) is 1. The number of nitrogens with zero attached hydrogens (tertiary/aromatic N) is 2. The van der Waals surface area contributed by atoms with Crippen LogP contribution in [-0.2, 0) is 11.3 Å². The van der Waals surface area contributed by atoms with Gasteiger partial charge in [0.1, 0.15) is 0 Å². The fourth-order valence-corrected chi connectivity index (χ4v) is 4.76. The van der Waals surface area contributed by atoms with Gasteiger partial charge >= 0.3 is 6.03 Å². The molecule has 136 valence electrons. The van der Waals surface area contributed by atoms with E-state index >= 15 is 0 Å². The predicted octanol–water partition coefficient (Wildman–Crippen LogP) is 2.33. The first-order valence-corrected chi connectivity index (χ1v) is 9.61. The number of urea groups is 1. The normalized spacial score (nSPS) is 30.1. The minimum atomic E-state index is 0.111. The van der Waals surface area contributed by atoms with Gasteiger partial charge in [0, 0.05) is 38.0 Å². The van der Waals surface area contributed by atoms with E-state index in [1.807, 2.05) is 11.0 Å². The first-order chi connectivity index (χ1) is 12.2. The molecule has 4 unspecified atom stereocenters. The largest absolute Gasteiger partial charge is 0.374 e. The van der Waals surface area contributed by atoms with Gasteiger partial charge in [-0.1, -0.05) is 30.3 Å². The molecule has 3 saturated heterocycles. The van der Waals surface area contributed by atoms with Crippen LogP contribution in [0.2, 0.25) is 0 Å². The van der Waals surface area contributed by atoms with E-state index in [-0.39, 0.29) is 6.03 Å². The SMILES string of the molecule is CN(CCCNC(=O)N1CC2C3CCC(O3)C2C1)Cc1ccccc1. The van der Waals surface area contributed by atoms with Crippen molar-refractivity contribution in [3.63, 3.8) is 0 Å². The molecule has 3 aliphatic heterocycles. The molecule has 0 radical (unpaired) electrons. The Labute approximate surface area is 150 Å². The van der Waals surface area contributed by atoms with E-state index in [0.717, 1.165) is 39.1 Å². The zero-order chi connectivity index (χ0) is 17.2. The fourth-order valence-electron chi connectivity index (χ4n) is 4.76. The van der Waals surface area contributed by atoms with Crippen molar-refractivity contribution in [1.29, 1.82) is 0 Å². The number of carbonyl (C=O) groups excluding carboxylic acids is 1. The highest BCUT2D eigenvalue weighted by molar-refractivity contribution is 5.74. The average molecular weight is 343 g/mol. The van der Waals surface area contributed by atoms with Gasteiger partial charge in [-0.3, -0.25) is 0 Å². The van der Waals surface area contributed by atoms with Gasteiger partial charge in [-0.25, -0.2) is 4.79 Å². The van der Waals surface area contributed by atoms with Crippen molar-refractivity contribution >= 4 is 6.03 Å². The minimum Gasteiger partial charge on any atom is -0.374 e. The number of rotatable bonds is 6. The topological polar surface area (TPSA) is 44.8 Å². The van der Waals surface area contributed by atoms with E-state index < -0.39 is 0 Å². The molecule has 0 aromatic heterocycles. The lowest BCUT2D eigenvalue weighted by Gasteiger charge is -2.20. The average Bonchev–Trinajstić information content (AvgIpc) is 3.32. The van der Waals surface area contributed by atoms with Crippen LogP contribution in [0.3, 0.4) is 0 Å². The van der Waals surface area contributed by atoms with E-state index in [9.17, 15) is 4.79 Å². The van der Waals surface area contributed by atoms with Crippen LogP contribution < -0.4 is 5.32 Å². The van der Waals surface area contributed by atoms with Crippen molar-refractivity contribution < 1.29 is 9.53 Å². The molecule has 0 aliphatic carbocycles. The summed E-state index contributed by atoms with van der Waals surface area (Å²) in [6.07, 6.45) is 4.19. The zero-order valence-electron chi connectivity index (χ0n) is 15.1. The number of hydrogen-bond acceptors (Lipinski definition) is 3. The third-order valence-electron chi connectivity index (χ3n) is 6.03. The maximum atomic E-state index is 12.4. The summed E-state index contributed by atoms with van der Waals surface area (Å²) in [4.78, 5) is 16.7.